The Hall–Kier alpha value is -2.20. The van der Waals surface area contributed by atoms with Gasteiger partial charge in [-0.25, -0.2) is 0 Å². The summed E-state index contributed by atoms with van der Waals surface area (Å²) in [7, 11) is 0. The van der Waals surface area contributed by atoms with Gasteiger partial charge >= 0.3 is 0 Å². The second-order valence-electron chi connectivity index (χ2n) is 10.5. The van der Waals surface area contributed by atoms with Gasteiger partial charge in [-0.2, -0.15) is 0 Å². The minimum atomic E-state index is -0.833. The zero-order valence-electron chi connectivity index (χ0n) is 21.9. The number of carboxylic acids is 1. The van der Waals surface area contributed by atoms with E-state index in [1.54, 1.807) is 0 Å². The molecule has 0 amide bonds. The molecule has 0 aromatic heterocycles. The highest BCUT2D eigenvalue weighted by Gasteiger charge is 2.36. The number of halogens is 1. The molecule has 5 rings (SSSR count). The molecule has 0 aliphatic carbocycles. The third kappa shape index (κ3) is 8.40. The Morgan fingerprint density at radius 1 is 1.11 bits per heavy atom. The lowest BCUT2D eigenvalue weighted by Gasteiger charge is -2.47. The highest BCUT2D eigenvalue weighted by Crippen LogP contribution is 2.27. The molecule has 4 heterocycles. The first-order valence-electron chi connectivity index (χ1n) is 13.5. The van der Waals surface area contributed by atoms with E-state index in [2.05, 4.69) is 37.0 Å². The highest BCUT2D eigenvalue weighted by molar-refractivity contribution is 6.30. The number of piperidine rings is 2. The van der Waals surface area contributed by atoms with E-state index in [9.17, 15) is 0 Å². The van der Waals surface area contributed by atoms with Crippen molar-refractivity contribution in [1.29, 1.82) is 0 Å². The minimum absolute atomic E-state index is 0.301. The minimum Gasteiger partial charge on any atom is -0.481 e. The zero-order chi connectivity index (χ0) is 26.2. The second-order valence-corrected chi connectivity index (χ2v) is 11.0. The molecule has 3 fully saturated rings. The molecule has 204 valence electrons. The van der Waals surface area contributed by atoms with Crippen LogP contribution < -0.4 is 5.73 Å². The Kier molecular flexibility index (Phi) is 10.2. The number of aliphatic carboxylic acids is 1. The molecule has 0 bridgehead atoms. The van der Waals surface area contributed by atoms with Crippen LogP contribution in [0.5, 0.6) is 0 Å². The summed E-state index contributed by atoms with van der Waals surface area (Å²) in [6.45, 7) is 8.47. The number of nitrogens with zero attached hydrogens (tertiary/aromatic N) is 5. The van der Waals surface area contributed by atoms with Gasteiger partial charge in [-0.05, 0) is 62.9 Å². The summed E-state index contributed by atoms with van der Waals surface area (Å²) in [6.07, 6.45) is 8.31. The Labute approximate surface area is 225 Å². The van der Waals surface area contributed by atoms with Crippen LogP contribution in [0.25, 0.3) is 0 Å². The van der Waals surface area contributed by atoms with Crippen molar-refractivity contribution >= 4 is 29.2 Å². The predicted octanol–water partition coefficient (Wildman–Crippen LogP) is 3.07. The van der Waals surface area contributed by atoms with Crippen LogP contribution in [0.4, 0.5) is 0 Å². The molecular formula is C27H41ClN6O3. The Morgan fingerprint density at radius 2 is 1.78 bits per heavy atom. The molecule has 9 nitrogen and oxygen atoms in total. The molecule has 1 aromatic rings. The molecule has 3 N–H and O–H groups in total. The summed E-state index contributed by atoms with van der Waals surface area (Å²) in [4.78, 5) is 16.8. The van der Waals surface area contributed by atoms with Crippen LogP contribution in [-0.4, -0.2) is 102 Å². The SMILES string of the molecule is CC(=O)O.NC1=NN=C(N2CCC(N3C[C@H](CN4CCCCC4)OC[C@@H]3Cc3ccc(Cl)cc3)CC2)C1. The lowest BCUT2D eigenvalue weighted by molar-refractivity contribution is -0.134. The van der Waals surface area contributed by atoms with Crippen LogP contribution in [0.1, 0.15) is 51.0 Å². The van der Waals surface area contributed by atoms with Crippen LogP contribution in [0.3, 0.4) is 0 Å². The van der Waals surface area contributed by atoms with Crippen molar-refractivity contribution in [2.75, 3.05) is 45.9 Å². The van der Waals surface area contributed by atoms with Gasteiger partial charge in [-0.15, -0.1) is 10.2 Å². The van der Waals surface area contributed by atoms with Gasteiger partial charge in [0.2, 0.25) is 0 Å². The van der Waals surface area contributed by atoms with E-state index in [1.807, 2.05) is 12.1 Å². The van der Waals surface area contributed by atoms with E-state index in [0.29, 0.717) is 30.4 Å². The average molecular weight is 533 g/mol. The van der Waals surface area contributed by atoms with Crippen LogP contribution in [0.15, 0.2) is 34.5 Å². The van der Waals surface area contributed by atoms with Crippen molar-refractivity contribution < 1.29 is 14.6 Å². The van der Waals surface area contributed by atoms with Gasteiger partial charge < -0.3 is 25.4 Å². The molecule has 4 aliphatic rings. The van der Waals surface area contributed by atoms with E-state index < -0.39 is 5.97 Å². The van der Waals surface area contributed by atoms with Gasteiger partial charge in [0.25, 0.3) is 5.97 Å². The maximum Gasteiger partial charge on any atom is 0.300 e. The maximum atomic E-state index is 9.00. The van der Waals surface area contributed by atoms with Crippen molar-refractivity contribution in [3.63, 3.8) is 0 Å². The van der Waals surface area contributed by atoms with Gasteiger partial charge in [-0.1, -0.05) is 30.2 Å². The molecule has 0 radical (unpaired) electrons. The summed E-state index contributed by atoms with van der Waals surface area (Å²) in [5.74, 6) is 0.831. The Balaban J connectivity index is 0.000000747. The molecule has 3 saturated heterocycles. The molecule has 4 aliphatic heterocycles. The summed E-state index contributed by atoms with van der Waals surface area (Å²) in [5.41, 5.74) is 7.17. The number of amidine groups is 2. The number of likely N-dealkylation sites (tertiary alicyclic amines) is 2. The fourth-order valence-corrected chi connectivity index (χ4v) is 5.95. The van der Waals surface area contributed by atoms with Gasteiger partial charge in [0.15, 0.2) is 0 Å². The summed E-state index contributed by atoms with van der Waals surface area (Å²) >= 11 is 6.12. The number of morpholine rings is 1. The first-order valence-corrected chi connectivity index (χ1v) is 13.9. The molecule has 0 spiro atoms. The average Bonchev–Trinajstić information content (AvgIpc) is 3.33. The first-order chi connectivity index (χ1) is 17.9. The van der Waals surface area contributed by atoms with E-state index in [-0.39, 0.29) is 0 Å². The summed E-state index contributed by atoms with van der Waals surface area (Å²) in [6, 6.07) is 9.30. The molecule has 0 unspecified atom stereocenters. The van der Waals surface area contributed by atoms with Crippen molar-refractivity contribution in [2.45, 2.75) is 70.1 Å². The fraction of sp³-hybridized carbons (Fsp3) is 0.667. The van der Waals surface area contributed by atoms with Crippen LogP contribution in [0.2, 0.25) is 5.02 Å². The molecular weight excluding hydrogens is 492 g/mol. The maximum absolute atomic E-state index is 9.00. The number of carboxylic acid groups (broad SMARTS) is 1. The number of benzene rings is 1. The number of carbonyl (C=O) groups is 1. The fourth-order valence-electron chi connectivity index (χ4n) is 5.82. The topological polar surface area (TPSA) is 107 Å². The molecule has 10 heteroatoms. The van der Waals surface area contributed by atoms with Crippen molar-refractivity contribution in [3.05, 3.63) is 34.9 Å². The van der Waals surface area contributed by atoms with Gasteiger partial charge in [0.1, 0.15) is 11.7 Å². The third-order valence-corrected chi connectivity index (χ3v) is 7.89. The normalized spacial score (nSPS) is 25.7. The monoisotopic (exact) mass is 532 g/mol. The van der Waals surface area contributed by atoms with E-state index in [4.69, 9.17) is 32.0 Å². The lowest BCUT2D eigenvalue weighted by atomic mass is 9.96. The standard InChI is InChI=1S/C25H37ClN6O.C2H4O2/c26-20-6-4-19(5-7-20)14-22-18-33-23(16-30-10-2-1-3-11-30)17-32(22)21-8-12-31(13-9-21)25-15-24(27)28-29-25;1-2(3)4/h4-7,21-23H,1-3,8-18H2,(H2,27,28);1H3,(H,3,4)/t22-,23-;/m0./s1. The Bertz CT molecular complexity index is 938. The number of hydrogen-bond donors (Lipinski definition) is 2. The smallest absolute Gasteiger partial charge is 0.300 e. The van der Waals surface area contributed by atoms with Crippen molar-refractivity contribution in [1.82, 2.24) is 14.7 Å². The predicted molar refractivity (Wildman–Crippen MR) is 147 cm³/mol. The van der Waals surface area contributed by atoms with Gasteiger partial charge in [-0.3, -0.25) is 9.69 Å². The van der Waals surface area contributed by atoms with Crippen LogP contribution in [0, 0.1) is 0 Å². The van der Waals surface area contributed by atoms with E-state index >= 15 is 0 Å². The van der Waals surface area contributed by atoms with Gasteiger partial charge in [0.05, 0.1) is 19.1 Å². The molecule has 37 heavy (non-hydrogen) atoms. The van der Waals surface area contributed by atoms with Crippen molar-refractivity contribution in [3.8, 4) is 0 Å². The lowest BCUT2D eigenvalue weighted by Crippen LogP contribution is -2.59. The van der Waals surface area contributed by atoms with Crippen LogP contribution in [-0.2, 0) is 16.0 Å². The largest absolute Gasteiger partial charge is 0.481 e. The molecule has 0 saturated carbocycles. The van der Waals surface area contributed by atoms with Crippen molar-refractivity contribution in [2.24, 2.45) is 15.9 Å². The first kappa shape index (κ1) is 27.8. The third-order valence-electron chi connectivity index (χ3n) is 7.63. The number of hydrogen-bond acceptors (Lipinski definition) is 8. The second kappa shape index (κ2) is 13.6. The van der Waals surface area contributed by atoms with E-state index in [1.165, 1.54) is 37.9 Å². The van der Waals surface area contributed by atoms with Crippen LogP contribution >= 0.6 is 11.6 Å². The van der Waals surface area contributed by atoms with E-state index in [0.717, 1.165) is 69.8 Å². The Morgan fingerprint density at radius 3 is 2.41 bits per heavy atom. The number of nitrogens with two attached hydrogens (primary N) is 1. The molecule has 1 aromatic carbocycles. The van der Waals surface area contributed by atoms with Gasteiger partial charge in [0, 0.05) is 50.2 Å². The molecule has 2 atom stereocenters. The number of rotatable bonds is 5. The highest BCUT2D eigenvalue weighted by atomic mass is 35.5. The quantitative estimate of drug-likeness (QED) is 0.600. The zero-order valence-corrected chi connectivity index (χ0v) is 22.7. The summed E-state index contributed by atoms with van der Waals surface area (Å²) < 4.78 is 6.46. The number of ether oxygens (including phenoxy) is 1. The summed E-state index contributed by atoms with van der Waals surface area (Å²) in [5, 5.41) is 16.5.